The third-order valence-electron chi connectivity index (χ3n) is 10.5. The van der Waals surface area contributed by atoms with E-state index >= 15 is 4.39 Å². The lowest BCUT2D eigenvalue weighted by Gasteiger charge is -2.34. The lowest BCUT2D eigenvalue weighted by atomic mass is 9.96. The molecule has 3 amide bonds. The number of hydrogen-bond donors (Lipinski definition) is 7. The molecule has 0 spiro atoms. The summed E-state index contributed by atoms with van der Waals surface area (Å²) in [6.45, 7) is 8.45. The van der Waals surface area contributed by atoms with Crippen molar-refractivity contribution in [3.63, 3.8) is 0 Å². The molecule has 31 heteroatoms. The molecule has 2 aliphatic rings. The summed E-state index contributed by atoms with van der Waals surface area (Å²) in [4.78, 5) is 80.9. The molecule has 0 radical (unpaired) electrons. The second-order valence-corrected chi connectivity index (χ2v) is 16.2. The minimum absolute atomic E-state index is 0.0682. The molecule has 7 N–H and O–H groups in total. The highest BCUT2D eigenvalue weighted by Crippen LogP contribution is 2.41. The smallest absolute Gasteiger partial charge is 0.475 e. The fourth-order valence-corrected chi connectivity index (χ4v) is 6.88. The molecule has 6 rings (SSSR count). The molecule has 18 nitrogen and oxygen atoms in total. The maximum atomic E-state index is 15.4. The van der Waals surface area contributed by atoms with Gasteiger partial charge in [0.05, 0.1) is 41.9 Å². The van der Waals surface area contributed by atoms with Gasteiger partial charge in [-0.2, -0.15) is 52.7 Å². The number of anilines is 2. The predicted octanol–water partition coefficient (Wildman–Crippen LogP) is 8.29. The Hall–Kier alpha value is -7.73. The van der Waals surface area contributed by atoms with Crippen molar-refractivity contribution in [1.29, 1.82) is 0 Å². The van der Waals surface area contributed by atoms with Crippen LogP contribution in [0.4, 0.5) is 73.4 Å². The average molecular weight is 1090 g/mol. The van der Waals surface area contributed by atoms with Crippen LogP contribution in [0.3, 0.4) is 0 Å². The van der Waals surface area contributed by atoms with Crippen LogP contribution in [0.5, 0.6) is 0 Å². The number of amides is 3. The topological polar surface area (TPSA) is 256 Å². The number of hydrogen-bond acceptors (Lipinski definition) is 11. The van der Waals surface area contributed by atoms with Gasteiger partial charge in [-0.3, -0.25) is 9.59 Å². The first-order valence-electron chi connectivity index (χ1n) is 21.4. The minimum Gasteiger partial charge on any atom is -0.475 e. The largest absolute Gasteiger partial charge is 0.490 e. The number of nitrogens with one attached hydrogen (secondary N) is 4. The van der Waals surface area contributed by atoms with Crippen LogP contribution in [0.15, 0.2) is 60.9 Å². The van der Waals surface area contributed by atoms with Crippen LogP contribution in [0.2, 0.25) is 0 Å². The van der Waals surface area contributed by atoms with Gasteiger partial charge in [0.1, 0.15) is 23.5 Å². The molecular formula is C44H45F13N8O10. The summed E-state index contributed by atoms with van der Waals surface area (Å²) in [6, 6.07) is 9.61. The Bertz CT molecular complexity index is 2570. The highest BCUT2D eigenvalue weighted by atomic mass is 19.4. The van der Waals surface area contributed by atoms with E-state index in [-0.39, 0.29) is 35.0 Å². The quantitative estimate of drug-likeness (QED) is 0.0779. The molecule has 2 aliphatic heterocycles. The third kappa shape index (κ3) is 17.7. The number of benzene rings is 2. The summed E-state index contributed by atoms with van der Waals surface area (Å²) in [6.07, 6.45) is -16.6. The number of H-pyrrole nitrogens is 1. The minimum atomic E-state index is -5.08. The number of aliphatic carboxylic acids is 3. The van der Waals surface area contributed by atoms with Gasteiger partial charge in [0, 0.05) is 38.4 Å². The van der Waals surface area contributed by atoms with E-state index in [0.29, 0.717) is 41.9 Å². The van der Waals surface area contributed by atoms with Crippen LogP contribution in [-0.4, -0.2) is 135 Å². The van der Waals surface area contributed by atoms with E-state index in [1.54, 1.807) is 29.3 Å². The standard InChI is InChI=1S/C38H42F4N8O4.3C2HF3O2/c1-21(2)33(48-37(53)54-4)36(52)50-14-5-6-31(50)34-45-20-30(46-34)24-9-7-23(8-10-24)26-16-28(39)29(17-27(26)38(40,41)42)47-35(51)25-11-12-32(44-19-25)49-15-13-43-18-22(49)3;3*3-2(4,5)1(6)7/h7-12,16-17,19-22,31,33,43H,5-6,13-15,18H2,1-4H3,(H,45,46)(H,47,51)(H,48,53);3*(H,6,7)/t22-,31+,33+;;;/m1.../s1. The van der Waals surface area contributed by atoms with E-state index in [9.17, 15) is 67.1 Å². The first kappa shape index (κ1) is 61.6. The Kier molecular flexibility index (Phi) is 20.9. The van der Waals surface area contributed by atoms with Crippen LogP contribution in [0.25, 0.3) is 22.4 Å². The second-order valence-electron chi connectivity index (χ2n) is 16.2. The Labute approximate surface area is 415 Å². The maximum Gasteiger partial charge on any atom is 0.490 e. The lowest BCUT2D eigenvalue weighted by Crippen LogP contribution is -2.51. The van der Waals surface area contributed by atoms with Gasteiger partial charge in [-0.25, -0.2) is 33.5 Å². The van der Waals surface area contributed by atoms with E-state index in [1.807, 2.05) is 20.8 Å². The predicted molar refractivity (Wildman–Crippen MR) is 235 cm³/mol. The van der Waals surface area contributed by atoms with E-state index in [0.717, 1.165) is 32.1 Å². The molecule has 3 atom stereocenters. The monoisotopic (exact) mass is 1090 g/mol. The number of alkyl halides is 12. The number of carbonyl (C=O) groups is 6. The number of carboxylic acid groups (broad SMARTS) is 3. The van der Waals surface area contributed by atoms with Gasteiger partial charge >= 0.3 is 48.7 Å². The van der Waals surface area contributed by atoms with Gasteiger partial charge in [-0.1, -0.05) is 38.1 Å². The number of alkyl carbamates (subject to hydrolysis) is 1. The van der Waals surface area contributed by atoms with E-state index in [2.05, 4.69) is 35.8 Å². The first-order chi connectivity index (χ1) is 34.6. The van der Waals surface area contributed by atoms with Crippen molar-refractivity contribution >= 4 is 47.3 Å². The highest BCUT2D eigenvalue weighted by molar-refractivity contribution is 6.04. The molecule has 4 aromatic rings. The third-order valence-corrected chi connectivity index (χ3v) is 10.5. The number of halogens is 13. The van der Waals surface area contributed by atoms with E-state index < -0.39 is 83.3 Å². The van der Waals surface area contributed by atoms with Crippen molar-refractivity contribution in [3.05, 3.63) is 83.7 Å². The van der Waals surface area contributed by atoms with E-state index in [1.165, 1.54) is 31.5 Å². The highest BCUT2D eigenvalue weighted by Gasteiger charge is 2.41. The van der Waals surface area contributed by atoms with Crippen LogP contribution in [-0.2, 0) is 30.1 Å². The van der Waals surface area contributed by atoms with E-state index in [4.69, 9.17) is 34.4 Å². The molecule has 0 bridgehead atoms. The molecule has 0 saturated carbocycles. The molecule has 2 fully saturated rings. The Balaban J connectivity index is 0.000000592. The maximum absolute atomic E-state index is 15.4. The number of aromatic nitrogens is 3. The van der Waals surface area contributed by atoms with Gasteiger partial charge in [0.2, 0.25) is 5.91 Å². The summed E-state index contributed by atoms with van der Waals surface area (Å²) in [5, 5.41) is 29.5. The van der Waals surface area contributed by atoms with Crippen molar-refractivity contribution in [2.24, 2.45) is 5.92 Å². The van der Waals surface area contributed by atoms with Crippen molar-refractivity contribution in [2.75, 3.05) is 43.5 Å². The van der Waals surface area contributed by atoms with Gasteiger partial charge < -0.3 is 50.8 Å². The van der Waals surface area contributed by atoms with Gasteiger partial charge in [-0.15, -0.1) is 0 Å². The molecule has 2 aromatic heterocycles. The number of nitrogens with zero attached hydrogens (tertiary/aromatic N) is 4. The number of methoxy groups -OCH3 is 1. The molecule has 75 heavy (non-hydrogen) atoms. The first-order valence-corrected chi connectivity index (χ1v) is 21.4. The van der Waals surface area contributed by atoms with Crippen LogP contribution in [0.1, 0.15) is 61.4 Å². The Morgan fingerprint density at radius 1 is 0.773 bits per heavy atom. The second kappa shape index (κ2) is 25.5. The molecule has 4 heterocycles. The van der Waals surface area contributed by atoms with Crippen molar-refractivity contribution in [1.82, 2.24) is 30.5 Å². The summed E-state index contributed by atoms with van der Waals surface area (Å²) in [5.74, 6) is -9.37. The molecular weight excluding hydrogens is 1050 g/mol. The number of piperazine rings is 1. The fourth-order valence-electron chi connectivity index (χ4n) is 6.88. The van der Waals surface area contributed by atoms with Crippen LogP contribution < -0.4 is 20.9 Å². The summed E-state index contributed by atoms with van der Waals surface area (Å²) >= 11 is 0. The normalized spacial score (nSPS) is 16.2. The number of ether oxygens (including phenoxy) is 1. The number of rotatable bonds is 9. The van der Waals surface area contributed by atoms with Crippen molar-refractivity contribution in [2.45, 2.75) is 76.4 Å². The average Bonchev–Trinajstić information content (AvgIpc) is 4.02. The fraction of sp³-hybridized carbons (Fsp3) is 0.409. The molecule has 0 aliphatic carbocycles. The molecule has 2 aromatic carbocycles. The number of likely N-dealkylation sites (tertiary alicyclic amines) is 1. The molecule has 0 unspecified atom stereocenters. The zero-order chi connectivity index (χ0) is 57.0. The van der Waals surface area contributed by atoms with Gasteiger partial charge in [0.25, 0.3) is 5.91 Å². The number of imidazole rings is 1. The van der Waals surface area contributed by atoms with Crippen molar-refractivity contribution < 1.29 is 106 Å². The zero-order valence-corrected chi connectivity index (χ0v) is 39.2. The number of carboxylic acids is 3. The molecule has 412 valence electrons. The number of aromatic amines is 1. The summed E-state index contributed by atoms with van der Waals surface area (Å²) < 4.78 is 158. The number of pyridine rings is 1. The Morgan fingerprint density at radius 2 is 1.32 bits per heavy atom. The SMILES string of the molecule is COC(=O)N[C@H](C(=O)N1CCC[C@H]1c1ncc(-c2ccc(-c3cc(F)c(NC(=O)c4ccc(N5CCNC[C@H]5C)nc4)cc3C(F)(F)F)cc2)[nH]1)C(C)C.O=C(O)C(F)(F)F.O=C(O)C(F)(F)F.O=C(O)C(F)(F)F. The number of carbonyl (C=O) groups excluding carboxylic acids is 3. The summed E-state index contributed by atoms with van der Waals surface area (Å²) in [7, 11) is 1.23. The Morgan fingerprint density at radius 3 is 1.79 bits per heavy atom. The van der Waals surface area contributed by atoms with Gasteiger partial charge in [0.15, 0.2) is 0 Å². The van der Waals surface area contributed by atoms with Gasteiger partial charge in [-0.05, 0) is 66.6 Å². The summed E-state index contributed by atoms with van der Waals surface area (Å²) in [5.41, 5.74) is -0.791. The lowest BCUT2D eigenvalue weighted by molar-refractivity contribution is -0.193. The van der Waals surface area contributed by atoms with Crippen molar-refractivity contribution in [3.8, 4) is 22.4 Å². The zero-order valence-electron chi connectivity index (χ0n) is 39.2. The van der Waals surface area contributed by atoms with Crippen LogP contribution >= 0.6 is 0 Å². The van der Waals surface area contributed by atoms with Crippen LogP contribution in [0, 0.1) is 11.7 Å². The molecule has 2 saturated heterocycles.